The summed E-state index contributed by atoms with van der Waals surface area (Å²) in [7, 11) is 0. The number of carbonyl (C=O) groups excluding carboxylic acids is 1. The number of rotatable bonds is 5. The minimum absolute atomic E-state index is 0.212. The molecule has 0 N–H and O–H groups in total. The molecule has 1 aromatic carbocycles. The lowest BCUT2D eigenvalue weighted by Crippen LogP contribution is -2.02. The fourth-order valence-corrected chi connectivity index (χ4v) is 1.56. The van der Waals surface area contributed by atoms with Gasteiger partial charge in [0.05, 0.1) is 0 Å². The van der Waals surface area contributed by atoms with E-state index in [9.17, 15) is 4.79 Å². The summed E-state index contributed by atoms with van der Waals surface area (Å²) >= 11 is 0. The predicted octanol–water partition coefficient (Wildman–Crippen LogP) is 3.62. The molecular weight excluding hydrogens is 196 g/mol. The Morgan fingerprint density at radius 2 is 2.00 bits per heavy atom. The van der Waals surface area contributed by atoms with E-state index in [-0.39, 0.29) is 5.78 Å². The fraction of sp³-hybridized carbons (Fsp3) is 0.400. The zero-order valence-electron chi connectivity index (χ0n) is 9.99. The van der Waals surface area contributed by atoms with Crippen molar-refractivity contribution in [1.29, 1.82) is 0 Å². The normalized spacial score (nSPS) is 11.8. The maximum absolute atomic E-state index is 11.8. The Bertz CT molecular complexity index is 381. The first kappa shape index (κ1) is 12.5. The van der Waals surface area contributed by atoms with Gasteiger partial charge in [-0.1, -0.05) is 36.8 Å². The second-order valence-electron chi connectivity index (χ2n) is 4.34. The van der Waals surface area contributed by atoms with E-state index < -0.39 is 0 Å². The van der Waals surface area contributed by atoms with Crippen LogP contribution < -0.4 is 0 Å². The molecule has 0 amide bonds. The molecule has 0 aromatic heterocycles. The number of ketones is 1. The highest BCUT2D eigenvalue weighted by molar-refractivity contribution is 5.96. The Hall–Kier alpha value is -1.55. The average Bonchev–Trinajstić information content (AvgIpc) is 2.27. The van der Waals surface area contributed by atoms with Gasteiger partial charge in [0.2, 0.25) is 0 Å². The molecule has 1 aromatic rings. The monoisotopic (exact) mass is 214 g/mol. The maximum Gasteiger partial charge on any atom is 0.162 e. The molecule has 84 valence electrons. The molecule has 0 saturated carbocycles. The summed E-state index contributed by atoms with van der Waals surface area (Å²) in [5.41, 5.74) is 1.98. The number of carbonyl (C=O) groups is 1. The predicted molar refractivity (Wildman–Crippen MR) is 67.4 cm³/mol. The smallest absolute Gasteiger partial charge is 0.162 e. The van der Waals surface area contributed by atoms with Crippen molar-refractivity contribution >= 4 is 5.78 Å². The van der Waals surface area contributed by atoms with E-state index in [1.165, 1.54) is 5.56 Å². The van der Waals surface area contributed by atoms with Crippen molar-refractivity contribution in [3.8, 4) is 12.3 Å². The Morgan fingerprint density at radius 1 is 1.38 bits per heavy atom. The molecule has 0 radical (unpaired) electrons. The Morgan fingerprint density at radius 3 is 2.56 bits per heavy atom. The number of hydrogen-bond acceptors (Lipinski definition) is 1. The summed E-state index contributed by atoms with van der Waals surface area (Å²) in [6.07, 6.45) is 7.44. The quantitative estimate of drug-likeness (QED) is 0.540. The molecule has 1 rings (SSSR count). The molecule has 0 aliphatic rings. The molecule has 1 heteroatoms. The van der Waals surface area contributed by atoms with Gasteiger partial charge in [-0.3, -0.25) is 4.79 Å². The van der Waals surface area contributed by atoms with Crippen LogP contribution in [0.3, 0.4) is 0 Å². The van der Waals surface area contributed by atoms with Crippen molar-refractivity contribution < 1.29 is 4.79 Å². The van der Waals surface area contributed by atoms with Crippen LogP contribution in [0.25, 0.3) is 0 Å². The number of terminal acetylenes is 1. The van der Waals surface area contributed by atoms with E-state index in [2.05, 4.69) is 12.8 Å². The minimum atomic E-state index is 0.212. The highest BCUT2D eigenvalue weighted by atomic mass is 16.1. The number of hydrogen-bond donors (Lipinski definition) is 0. The van der Waals surface area contributed by atoms with Crippen LogP contribution >= 0.6 is 0 Å². The third-order valence-corrected chi connectivity index (χ3v) is 2.70. The zero-order valence-corrected chi connectivity index (χ0v) is 9.99. The molecule has 16 heavy (non-hydrogen) atoms. The first-order valence-electron chi connectivity index (χ1n) is 5.67. The fourth-order valence-electron chi connectivity index (χ4n) is 1.56. The topological polar surface area (TPSA) is 17.1 Å². The van der Waals surface area contributed by atoms with Crippen LogP contribution in [0.5, 0.6) is 0 Å². The lowest BCUT2D eigenvalue weighted by Gasteiger charge is -2.06. The SMILES string of the molecule is C#CCC(C)CCC(=O)c1ccc(C)cc1. The van der Waals surface area contributed by atoms with Crippen molar-refractivity contribution in [2.45, 2.75) is 33.1 Å². The zero-order chi connectivity index (χ0) is 12.0. The van der Waals surface area contributed by atoms with E-state index >= 15 is 0 Å². The summed E-state index contributed by atoms with van der Waals surface area (Å²) in [6.45, 7) is 4.10. The summed E-state index contributed by atoms with van der Waals surface area (Å²) in [5, 5.41) is 0. The molecular formula is C15H18O. The van der Waals surface area contributed by atoms with Gasteiger partial charge in [-0.25, -0.2) is 0 Å². The Kier molecular flexibility index (Phi) is 4.79. The number of aryl methyl sites for hydroxylation is 1. The maximum atomic E-state index is 11.8. The van der Waals surface area contributed by atoms with Crippen LogP contribution in [0.4, 0.5) is 0 Å². The molecule has 0 fully saturated rings. The molecule has 1 nitrogen and oxygen atoms in total. The van der Waals surface area contributed by atoms with E-state index in [1.54, 1.807) is 0 Å². The van der Waals surface area contributed by atoms with Gasteiger partial charge in [0.25, 0.3) is 0 Å². The first-order valence-corrected chi connectivity index (χ1v) is 5.67. The molecule has 0 bridgehead atoms. The van der Waals surface area contributed by atoms with Gasteiger partial charge in [0.1, 0.15) is 0 Å². The van der Waals surface area contributed by atoms with Crippen LogP contribution in [0.15, 0.2) is 24.3 Å². The average molecular weight is 214 g/mol. The van der Waals surface area contributed by atoms with Gasteiger partial charge < -0.3 is 0 Å². The lowest BCUT2D eigenvalue weighted by molar-refractivity contribution is 0.0975. The molecule has 0 aliphatic carbocycles. The Balaban J connectivity index is 2.47. The second-order valence-corrected chi connectivity index (χ2v) is 4.34. The molecule has 1 unspecified atom stereocenters. The van der Waals surface area contributed by atoms with Crippen LogP contribution in [0.2, 0.25) is 0 Å². The largest absolute Gasteiger partial charge is 0.294 e. The van der Waals surface area contributed by atoms with Crippen LogP contribution in [-0.4, -0.2) is 5.78 Å². The van der Waals surface area contributed by atoms with Gasteiger partial charge >= 0.3 is 0 Å². The van der Waals surface area contributed by atoms with Gasteiger partial charge in [0.15, 0.2) is 5.78 Å². The third-order valence-electron chi connectivity index (χ3n) is 2.70. The van der Waals surface area contributed by atoms with E-state index in [0.29, 0.717) is 12.3 Å². The van der Waals surface area contributed by atoms with Crippen molar-refractivity contribution in [2.75, 3.05) is 0 Å². The van der Waals surface area contributed by atoms with Gasteiger partial charge in [0, 0.05) is 18.4 Å². The van der Waals surface area contributed by atoms with E-state index in [4.69, 9.17) is 6.42 Å². The number of benzene rings is 1. The van der Waals surface area contributed by atoms with Gasteiger partial charge in [-0.05, 0) is 19.3 Å². The van der Waals surface area contributed by atoms with Gasteiger partial charge in [-0.2, -0.15) is 0 Å². The molecule has 0 spiro atoms. The Labute approximate surface area is 97.9 Å². The summed E-state index contributed by atoms with van der Waals surface area (Å²) in [6, 6.07) is 7.73. The van der Waals surface area contributed by atoms with Crippen molar-refractivity contribution in [3.63, 3.8) is 0 Å². The van der Waals surface area contributed by atoms with Crippen molar-refractivity contribution in [1.82, 2.24) is 0 Å². The van der Waals surface area contributed by atoms with Crippen LogP contribution in [0, 0.1) is 25.2 Å². The second kappa shape index (κ2) is 6.12. The third kappa shape index (κ3) is 3.90. The van der Waals surface area contributed by atoms with Crippen molar-refractivity contribution in [2.24, 2.45) is 5.92 Å². The van der Waals surface area contributed by atoms with E-state index in [0.717, 1.165) is 18.4 Å². The van der Waals surface area contributed by atoms with Crippen LogP contribution in [0.1, 0.15) is 42.1 Å². The molecule has 1 atom stereocenters. The summed E-state index contributed by atoms with van der Waals surface area (Å²) in [5.74, 6) is 3.27. The summed E-state index contributed by atoms with van der Waals surface area (Å²) in [4.78, 5) is 11.8. The molecule has 0 saturated heterocycles. The van der Waals surface area contributed by atoms with Crippen LogP contribution in [-0.2, 0) is 0 Å². The highest BCUT2D eigenvalue weighted by Gasteiger charge is 2.08. The summed E-state index contributed by atoms with van der Waals surface area (Å²) < 4.78 is 0. The minimum Gasteiger partial charge on any atom is -0.294 e. The van der Waals surface area contributed by atoms with E-state index in [1.807, 2.05) is 31.2 Å². The standard InChI is InChI=1S/C15H18O/c1-4-5-12(2)8-11-15(16)14-9-6-13(3)7-10-14/h1,6-7,9-10,12H,5,8,11H2,2-3H3. The van der Waals surface area contributed by atoms with Gasteiger partial charge in [-0.15, -0.1) is 12.3 Å². The lowest BCUT2D eigenvalue weighted by atomic mass is 9.97. The first-order chi connectivity index (χ1) is 7.63. The molecule has 0 aliphatic heterocycles. The molecule has 0 heterocycles. The highest BCUT2D eigenvalue weighted by Crippen LogP contribution is 2.13. The van der Waals surface area contributed by atoms with Crippen molar-refractivity contribution in [3.05, 3.63) is 35.4 Å². The number of Topliss-reactive ketones (excluding diaryl/α,β-unsaturated/α-hetero) is 1.